The minimum absolute atomic E-state index is 0.0181. The molecule has 0 aliphatic rings. The van der Waals surface area contributed by atoms with E-state index < -0.39 is 12.2 Å². The predicted octanol–water partition coefficient (Wildman–Crippen LogP) is -0.134. The van der Waals surface area contributed by atoms with E-state index in [0.29, 0.717) is 6.42 Å². The zero-order valence-electron chi connectivity index (χ0n) is 7.82. The monoisotopic (exact) mass is 191 g/mol. The lowest BCUT2D eigenvalue weighted by Crippen LogP contribution is -2.32. The minimum Gasteiger partial charge on any atom is -0.447 e. The lowest BCUT2D eigenvalue weighted by atomic mass is 10.2. The number of ether oxygens (including phenoxy) is 1. The molecule has 1 atom stereocenters. The molecule has 0 radical (unpaired) electrons. The third kappa shape index (κ3) is 7.55. The number of carbonyl (C=O) groups excluding carboxylic acids is 1. The third-order valence-corrected chi connectivity index (χ3v) is 1.43. The fraction of sp³-hybridized carbons (Fsp3) is 0.875. The molecular weight excluding hydrogens is 174 g/mol. The summed E-state index contributed by atoms with van der Waals surface area (Å²) in [6.07, 6.45) is 0.394. The lowest BCUT2D eigenvalue weighted by molar-refractivity contribution is 0.109. The standard InChI is InChI=1S/C8H17NO4/c1-2-3-7(11)6-9-8(12)13-5-4-10/h7,10-11H,2-6H2,1H3,(H,9,12). The molecule has 0 spiro atoms. The van der Waals surface area contributed by atoms with Gasteiger partial charge in [0.1, 0.15) is 6.61 Å². The van der Waals surface area contributed by atoms with E-state index in [2.05, 4.69) is 10.1 Å². The van der Waals surface area contributed by atoms with E-state index in [0.717, 1.165) is 6.42 Å². The van der Waals surface area contributed by atoms with Gasteiger partial charge in [-0.2, -0.15) is 0 Å². The Morgan fingerprint density at radius 3 is 2.85 bits per heavy atom. The summed E-state index contributed by atoms with van der Waals surface area (Å²) in [5.41, 5.74) is 0. The van der Waals surface area contributed by atoms with Gasteiger partial charge >= 0.3 is 6.09 Å². The summed E-state index contributed by atoms with van der Waals surface area (Å²) in [7, 11) is 0. The first kappa shape index (κ1) is 12.2. The average Bonchev–Trinajstić information content (AvgIpc) is 2.12. The minimum atomic E-state index is -0.607. The van der Waals surface area contributed by atoms with Crippen LogP contribution in [0.5, 0.6) is 0 Å². The number of hydrogen-bond donors (Lipinski definition) is 3. The van der Waals surface area contributed by atoms with Crippen molar-refractivity contribution in [1.29, 1.82) is 0 Å². The number of carbonyl (C=O) groups is 1. The van der Waals surface area contributed by atoms with Crippen molar-refractivity contribution in [2.24, 2.45) is 0 Å². The first-order valence-corrected chi connectivity index (χ1v) is 4.40. The Kier molecular flexibility index (Phi) is 7.33. The van der Waals surface area contributed by atoms with Crippen LogP contribution in [0.2, 0.25) is 0 Å². The molecule has 1 unspecified atom stereocenters. The molecule has 0 aliphatic heterocycles. The first-order valence-electron chi connectivity index (χ1n) is 4.40. The molecule has 13 heavy (non-hydrogen) atoms. The fourth-order valence-corrected chi connectivity index (χ4v) is 0.826. The third-order valence-electron chi connectivity index (χ3n) is 1.43. The second kappa shape index (κ2) is 7.82. The van der Waals surface area contributed by atoms with Crippen LogP contribution in [0.25, 0.3) is 0 Å². The Bertz CT molecular complexity index is 140. The van der Waals surface area contributed by atoms with E-state index in [1.54, 1.807) is 0 Å². The molecule has 0 fully saturated rings. The molecule has 0 saturated heterocycles. The van der Waals surface area contributed by atoms with Gasteiger partial charge in [0.05, 0.1) is 12.7 Å². The quantitative estimate of drug-likeness (QED) is 0.546. The summed E-state index contributed by atoms with van der Waals surface area (Å²) < 4.78 is 4.51. The Morgan fingerprint density at radius 2 is 2.31 bits per heavy atom. The van der Waals surface area contributed by atoms with E-state index in [1.165, 1.54) is 0 Å². The molecule has 1 amide bonds. The van der Waals surface area contributed by atoms with Gasteiger partial charge in [-0.25, -0.2) is 4.79 Å². The second-order valence-corrected chi connectivity index (χ2v) is 2.68. The number of nitrogens with one attached hydrogen (secondary N) is 1. The lowest BCUT2D eigenvalue weighted by Gasteiger charge is -2.10. The number of rotatable bonds is 6. The summed E-state index contributed by atoms with van der Waals surface area (Å²) in [6.45, 7) is 1.94. The summed E-state index contributed by atoms with van der Waals surface area (Å²) in [5.74, 6) is 0. The summed E-state index contributed by atoms with van der Waals surface area (Å²) in [4.78, 5) is 10.8. The zero-order chi connectivity index (χ0) is 10.1. The van der Waals surface area contributed by atoms with Crippen LogP contribution in [-0.2, 0) is 4.74 Å². The molecule has 3 N–H and O–H groups in total. The van der Waals surface area contributed by atoms with E-state index in [9.17, 15) is 9.90 Å². The van der Waals surface area contributed by atoms with Crippen LogP contribution >= 0.6 is 0 Å². The highest BCUT2D eigenvalue weighted by atomic mass is 16.6. The van der Waals surface area contributed by atoms with Crippen molar-refractivity contribution < 1.29 is 19.7 Å². The van der Waals surface area contributed by atoms with Crippen LogP contribution in [0.3, 0.4) is 0 Å². The average molecular weight is 191 g/mol. The molecule has 5 nitrogen and oxygen atoms in total. The molecule has 78 valence electrons. The van der Waals surface area contributed by atoms with Crippen LogP contribution in [0.4, 0.5) is 4.79 Å². The van der Waals surface area contributed by atoms with Gasteiger partial charge in [0.15, 0.2) is 0 Å². The van der Waals surface area contributed by atoms with Crippen molar-refractivity contribution in [3.8, 4) is 0 Å². The highest BCUT2D eigenvalue weighted by Gasteiger charge is 2.05. The Morgan fingerprint density at radius 1 is 1.62 bits per heavy atom. The second-order valence-electron chi connectivity index (χ2n) is 2.68. The van der Waals surface area contributed by atoms with Crippen LogP contribution in [0.15, 0.2) is 0 Å². The van der Waals surface area contributed by atoms with Crippen molar-refractivity contribution in [3.05, 3.63) is 0 Å². The van der Waals surface area contributed by atoms with Gasteiger partial charge in [-0.3, -0.25) is 0 Å². The maximum atomic E-state index is 10.8. The van der Waals surface area contributed by atoms with Crippen LogP contribution in [0.1, 0.15) is 19.8 Å². The molecule has 0 aromatic rings. The highest BCUT2D eigenvalue weighted by molar-refractivity contribution is 5.67. The predicted molar refractivity (Wildman–Crippen MR) is 47.4 cm³/mol. The summed E-state index contributed by atoms with van der Waals surface area (Å²) in [5, 5.41) is 19.9. The largest absolute Gasteiger partial charge is 0.447 e. The van der Waals surface area contributed by atoms with Gasteiger partial charge < -0.3 is 20.3 Å². The molecule has 0 rings (SSSR count). The summed E-state index contributed by atoms with van der Waals surface area (Å²) >= 11 is 0. The van der Waals surface area contributed by atoms with Gasteiger partial charge in [-0.05, 0) is 6.42 Å². The zero-order valence-corrected chi connectivity index (χ0v) is 7.82. The van der Waals surface area contributed by atoms with Crippen molar-refractivity contribution in [1.82, 2.24) is 5.32 Å². The number of hydrogen-bond acceptors (Lipinski definition) is 4. The SMILES string of the molecule is CCCC(O)CNC(=O)OCCO. The number of aliphatic hydroxyl groups excluding tert-OH is 2. The Balaban J connectivity index is 3.34. The van der Waals surface area contributed by atoms with E-state index in [4.69, 9.17) is 5.11 Å². The van der Waals surface area contributed by atoms with E-state index >= 15 is 0 Å². The molecule has 0 aromatic heterocycles. The highest BCUT2D eigenvalue weighted by Crippen LogP contribution is 1.93. The Hall–Kier alpha value is -0.810. The van der Waals surface area contributed by atoms with Gasteiger partial charge in [-0.15, -0.1) is 0 Å². The number of aliphatic hydroxyl groups is 2. The van der Waals surface area contributed by atoms with Crippen molar-refractivity contribution in [2.45, 2.75) is 25.9 Å². The maximum Gasteiger partial charge on any atom is 0.407 e. The summed E-state index contributed by atoms with van der Waals surface area (Å²) in [6, 6.07) is 0. The van der Waals surface area contributed by atoms with Crippen LogP contribution < -0.4 is 5.32 Å². The molecule has 5 heteroatoms. The smallest absolute Gasteiger partial charge is 0.407 e. The number of amides is 1. The van der Waals surface area contributed by atoms with Crippen molar-refractivity contribution in [3.63, 3.8) is 0 Å². The van der Waals surface area contributed by atoms with Crippen LogP contribution in [-0.4, -0.2) is 42.2 Å². The molecular formula is C8H17NO4. The first-order chi connectivity index (χ1) is 6.20. The molecule has 0 bridgehead atoms. The molecule has 0 saturated carbocycles. The van der Waals surface area contributed by atoms with Gasteiger partial charge in [-0.1, -0.05) is 13.3 Å². The maximum absolute atomic E-state index is 10.8. The van der Waals surface area contributed by atoms with Gasteiger partial charge in [0.2, 0.25) is 0 Å². The van der Waals surface area contributed by atoms with Crippen molar-refractivity contribution in [2.75, 3.05) is 19.8 Å². The van der Waals surface area contributed by atoms with E-state index in [-0.39, 0.29) is 19.8 Å². The van der Waals surface area contributed by atoms with Gasteiger partial charge in [0.25, 0.3) is 0 Å². The normalized spacial score (nSPS) is 12.2. The molecule has 0 aromatic carbocycles. The van der Waals surface area contributed by atoms with Gasteiger partial charge in [0, 0.05) is 6.54 Å². The van der Waals surface area contributed by atoms with Crippen LogP contribution in [0, 0.1) is 0 Å². The Labute approximate surface area is 77.7 Å². The molecule has 0 aliphatic carbocycles. The topological polar surface area (TPSA) is 78.8 Å². The number of alkyl carbamates (subject to hydrolysis) is 1. The fourth-order valence-electron chi connectivity index (χ4n) is 0.826. The van der Waals surface area contributed by atoms with E-state index in [1.807, 2.05) is 6.92 Å². The van der Waals surface area contributed by atoms with Crippen molar-refractivity contribution >= 4 is 6.09 Å². The molecule has 0 heterocycles.